The molecule has 2 rings (SSSR count). The molecule has 0 saturated carbocycles. The van der Waals surface area contributed by atoms with Gasteiger partial charge in [0.05, 0.1) is 0 Å². The number of pyridine rings is 2. The largest absolute Gasteiger partial charge is 0.321 e. The molecule has 1 N–H and O–H groups in total. The van der Waals surface area contributed by atoms with E-state index >= 15 is 0 Å². The third-order valence-electron chi connectivity index (χ3n) is 1.85. The highest BCUT2D eigenvalue weighted by molar-refractivity contribution is 6.30. The van der Waals surface area contributed by atoms with Gasteiger partial charge in [0.15, 0.2) is 0 Å². The zero-order valence-electron chi connectivity index (χ0n) is 7.61. The molecular weight excluding hydrogens is 235 g/mol. The second-order valence-corrected chi connectivity index (χ2v) is 3.19. The van der Waals surface area contributed by atoms with Gasteiger partial charge in [0, 0.05) is 23.7 Å². The molecule has 15 heavy (non-hydrogen) atoms. The maximum absolute atomic E-state index is 11.2. The van der Waals surface area contributed by atoms with Gasteiger partial charge in [-0.1, -0.05) is 11.6 Å². The summed E-state index contributed by atoms with van der Waals surface area (Å²) < 4.78 is 0. The van der Waals surface area contributed by atoms with Crippen LogP contribution >= 0.6 is 24.0 Å². The fraction of sp³-hybridized carbons (Fsp3) is 0. The van der Waals surface area contributed by atoms with Gasteiger partial charge < -0.3 is 4.98 Å². The topological polar surface area (TPSA) is 45.8 Å². The Morgan fingerprint density at radius 3 is 2.40 bits per heavy atom. The van der Waals surface area contributed by atoms with E-state index in [1.165, 1.54) is 0 Å². The van der Waals surface area contributed by atoms with Crippen LogP contribution in [0.1, 0.15) is 0 Å². The van der Waals surface area contributed by atoms with Gasteiger partial charge in [0.25, 0.3) is 5.56 Å². The number of nitrogens with one attached hydrogen (secondary N) is 1. The predicted molar refractivity (Wildman–Crippen MR) is 62.6 cm³/mol. The van der Waals surface area contributed by atoms with Gasteiger partial charge in [-0.25, -0.2) is 0 Å². The van der Waals surface area contributed by atoms with Crippen LogP contribution in [-0.4, -0.2) is 9.97 Å². The van der Waals surface area contributed by atoms with E-state index in [1.807, 2.05) is 12.1 Å². The summed E-state index contributed by atoms with van der Waals surface area (Å²) in [5.41, 5.74) is 1.37. The minimum absolute atomic E-state index is 0. The molecule has 0 aliphatic rings. The number of aromatic amines is 1. The zero-order valence-corrected chi connectivity index (χ0v) is 9.18. The number of hydrogen-bond donors (Lipinski definition) is 1. The number of hydrogen-bond acceptors (Lipinski definition) is 2. The summed E-state index contributed by atoms with van der Waals surface area (Å²) in [5, 5.41) is 0.197. The summed E-state index contributed by atoms with van der Waals surface area (Å²) in [5.74, 6) is 0. The quantitative estimate of drug-likeness (QED) is 0.836. The number of rotatable bonds is 1. The van der Waals surface area contributed by atoms with Crippen LogP contribution in [-0.2, 0) is 0 Å². The number of aromatic nitrogens is 2. The van der Waals surface area contributed by atoms with Crippen molar-refractivity contribution in [2.75, 3.05) is 0 Å². The van der Waals surface area contributed by atoms with E-state index in [0.29, 0.717) is 0 Å². The van der Waals surface area contributed by atoms with E-state index in [1.54, 1.807) is 24.5 Å². The third-order valence-corrected chi connectivity index (χ3v) is 2.15. The second-order valence-electron chi connectivity index (χ2n) is 2.78. The van der Waals surface area contributed by atoms with E-state index in [2.05, 4.69) is 9.97 Å². The van der Waals surface area contributed by atoms with Crippen LogP contribution in [0, 0.1) is 0 Å². The van der Waals surface area contributed by atoms with Crippen molar-refractivity contribution >= 4 is 24.0 Å². The maximum atomic E-state index is 11.2. The summed E-state index contributed by atoms with van der Waals surface area (Å²) >= 11 is 5.61. The third kappa shape index (κ3) is 2.58. The summed E-state index contributed by atoms with van der Waals surface area (Å²) in [6, 6.07) is 6.98. The Bertz CT molecular complexity index is 496. The minimum atomic E-state index is -0.277. The van der Waals surface area contributed by atoms with Crippen LogP contribution in [0.15, 0.2) is 41.5 Å². The lowest BCUT2D eigenvalue weighted by atomic mass is 10.2. The van der Waals surface area contributed by atoms with Crippen LogP contribution in [0.3, 0.4) is 0 Å². The molecule has 2 heterocycles. The number of H-pyrrole nitrogens is 1. The average molecular weight is 243 g/mol. The average Bonchev–Trinajstić information content (AvgIpc) is 2.23. The van der Waals surface area contributed by atoms with Gasteiger partial charge in [-0.05, 0) is 24.3 Å². The number of halogens is 2. The molecule has 0 amide bonds. The molecule has 78 valence electrons. The Labute approximate surface area is 97.5 Å². The Morgan fingerprint density at radius 2 is 1.80 bits per heavy atom. The summed E-state index contributed by atoms with van der Waals surface area (Å²) in [6.07, 6.45) is 3.34. The van der Waals surface area contributed by atoms with Gasteiger partial charge in [0.1, 0.15) is 5.02 Å². The molecule has 0 aromatic carbocycles. The molecule has 2 aromatic rings. The lowest BCUT2D eigenvalue weighted by molar-refractivity contribution is 1.23. The SMILES string of the molecule is Cl.O=c1[nH]c(-c2ccncc2)ccc1Cl. The molecule has 0 atom stereocenters. The van der Waals surface area contributed by atoms with Gasteiger partial charge in [-0.15, -0.1) is 12.4 Å². The molecule has 0 spiro atoms. The molecule has 0 bridgehead atoms. The van der Waals surface area contributed by atoms with Gasteiger partial charge in [0.2, 0.25) is 0 Å². The summed E-state index contributed by atoms with van der Waals surface area (Å²) in [4.78, 5) is 17.8. The smallest absolute Gasteiger partial charge is 0.267 e. The molecule has 0 unspecified atom stereocenters. The van der Waals surface area contributed by atoms with Crippen molar-refractivity contribution in [3.8, 4) is 11.3 Å². The summed E-state index contributed by atoms with van der Waals surface area (Å²) in [7, 11) is 0. The van der Waals surface area contributed by atoms with Crippen molar-refractivity contribution in [1.82, 2.24) is 9.97 Å². The van der Waals surface area contributed by atoms with Crippen LogP contribution in [0.5, 0.6) is 0 Å². The highest BCUT2D eigenvalue weighted by Gasteiger charge is 1.99. The normalized spacial score (nSPS) is 9.40. The molecule has 0 radical (unpaired) electrons. The van der Waals surface area contributed by atoms with Gasteiger partial charge >= 0.3 is 0 Å². The van der Waals surface area contributed by atoms with Crippen molar-refractivity contribution in [2.45, 2.75) is 0 Å². The van der Waals surface area contributed by atoms with E-state index in [0.717, 1.165) is 11.3 Å². The van der Waals surface area contributed by atoms with Crippen LogP contribution < -0.4 is 5.56 Å². The first-order valence-electron chi connectivity index (χ1n) is 4.06. The van der Waals surface area contributed by atoms with Crippen LogP contribution in [0.25, 0.3) is 11.3 Å². The monoisotopic (exact) mass is 242 g/mol. The van der Waals surface area contributed by atoms with Gasteiger partial charge in [-0.2, -0.15) is 0 Å². The first kappa shape index (κ1) is 11.8. The second kappa shape index (κ2) is 4.96. The van der Waals surface area contributed by atoms with Crippen molar-refractivity contribution in [3.05, 3.63) is 52.0 Å². The molecule has 3 nitrogen and oxygen atoms in total. The lowest BCUT2D eigenvalue weighted by Crippen LogP contribution is -2.06. The Hall–Kier alpha value is -1.32. The fourth-order valence-corrected chi connectivity index (χ4v) is 1.27. The molecular formula is C10H8Cl2N2O. The minimum Gasteiger partial charge on any atom is -0.321 e. The molecule has 0 saturated heterocycles. The van der Waals surface area contributed by atoms with Crippen molar-refractivity contribution in [1.29, 1.82) is 0 Å². The Balaban J connectivity index is 0.00000112. The van der Waals surface area contributed by atoms with Crippen LogP contribution in [0.2, 0.25) is 5.02 Å². The first-order chi connectivity index (χ1) is 6.77. The van der Waals surface area contributed by atoms with Crippen molar-refractivity contribution < 1.29 is 0 Å². The predicted octanol–water partition coefficient (Wildman–Crippen LogP) is 2.51. The Morgan fingerprint density at radius 1 is 1.13 bits per heavy atom. The van der Waals surface area contributed by atoms with Gasteiger partial charge in [-0.3, -0.25) is 9.78 Å². The zero-order chi connectivity index (χ0) is 9.97. The summed E-state index contributed by atoms with van der Waals surface area (Å²) in [6.45, 7) is 0. The standard InChI is InChI=1S/C10H7ClN2O.ClH/c11-8-1-2-9(13-10(8)14)7-3-5-12-6-4-7;/h1-6H,(H,13,14);1H. The van der Waals surface area contributed by atoms with E-state index in [4.69, 9.17) is 11.6 Å². The molecule has 2 aromatic heterocycles. The molecule has 5 heteroatoms. The first-order valence-corrected chi connectivity index (χ1v) is 4.44. The molecule has 0 aliphatic heterocycles. The van der Waals surface area contributed by atoms with Crippen molar-refractivity contribution in [3.63, 3.8) is 0 Å². The highest BCUT2D eigenvalue weighted by atomic mass is 35.5. The molecule has 0 fully saturated rings. The van der Waals surface area contributed by atoms with E-state index in [9.17, 15) is 4.79 Å². The fourth-order valence-electron chi connectivity index (χ4n) is 1.16. The van der Waals surface area contributed by atoms with Crippen LogP contribution in [0.4, 0.5) is 0 Å². The van der Waals surface area contributed by atoms with E-state index < -0.39 is 0 Å². The lowest BCUT2D eigenvalue weighted by Gasteiger charge is -1.99. The van der Waals surface area contributed by atoms with Crippen molar-refractivity contribution in [2.24, 2.45) is 0 Å². The molecule has 0 aliphatic carbocycles. The highest BCUT2D eigenvalue weighted by Crippen LogP contribution is 2.14. The van der Waals surface area contributed by atoms with E-state index in [-0.39, 0.29) is 23.0 Å². The number of nitrogens with zero attached hydrogens (tertiary/aromatic N) is 1. The Kier molecular flexibility index (Phi) is 3.88. The maximum Gasteiger partial charge on any atom is 0.267 e.